The third-order valence-corrected chi connectivity index (χ3v) is 3.11. The van der Waals surface area contributed by atoms with E-state index in [1.165, 1.54) is 25.6 Å². The van der Waals surface area contributed by atoms with Gasteiger partial charge in [0.25, 0.3) is 0 Å². The van der Waals surface area contributed by atoms with Gasteiger partial charge in [-0.25, -0.2) is 4.79 Å². The van der Waals surface area contributed by atoms with Gasteiger partial charge in [-0.3, -0.25) is 5.32 Å². The molecule has 4 heteroatoms. The van der Waals surface area contributed by atoms with Crippen molar-refractivity contribution in [2.45, 2.75) is 19.8 Å². The SMILES string of the molecule is COC(=O)Nc1cc(N2CCCC2)ccc1C. The highest BCUT2D eigenvalue weighted by Crippen LogP contribution is 2.26. The highest BCUT2D eigenvalue weighted by atomic mass is 16.5. The van der Waals surface area contributed by atoms with Gasteiger partial charge in [0, 0.05) is 24.5 Å². The fraction of sp³-hybridized carbons (Fsp3) is 0.462. The van der Waals surface area contributed by atoms with Crippen molar-refractivity contribution in [1.82, 2.24) is 0 Å². The molecule has 0 spiro atoms. The van der Waals surface area contributed by atoms with Crippen LogP contribution in [0.15, 0.2) is 18.2 Å². The number of nitrogens with zero attached hydrogens (tertiary/aromatic N) is 1. The summed E-state index contributed by atoms with van der Waals surface area (Å²) < 4.78 is 4.61. The van der Waals surface area contributed by atoms with Crippen molar-refractivity contribution < 1.29 is 9.53 Å². The summed E-state index contributed by atoms with van der Waals surface area (Å²) in [6.45, 7) is 4.17. The number of nitrogens with one attached hydrogen (secondary N) is 1. The number of hydrogen-bond acceptors (Lipinski definition) is 3. The molecular formula is C13H18N2O2. The van der Waals surface area contributed by atoms with E-state index in [2.05, 4.69) is 21.0 Å². The molecule has 0 saturated carbocycles. The summed E-state index contributed by atoms with van der Waals surface area (Å²) in [5.41, 5.74) is 3.03. The maximum absolute atomic E-state index is 11.2. The first-order chi connectivity index (χ1) is 8.20. The van der Waals surface area contributed by atoms with Crippen LogP contribution in [0.3, 0.4) is 0 Å². The molecule has 1 aliphatic heterocycles. The molecule has 1 fully saturated rings. The summed E-state index contributed by atoms with van der Waals surface area (Å²) in [5.74, 6) is 0. The molecule has 1 heterocycles. The molecule has 92 valence electrons. The summed E-state index contributed by atoms with van der Waals surface area (Å²) >= 11 is 0. The first-order valence-electron chi connectivity index (χ1n) is 5.91. The maximum atomic E-state index is 11.2. The Hall–Kier alpha value is -1.71. The Morgan fingerprint density at radius 2 is 2.06 bits per heavy atom. The van der Waals surface area contributed by atoms with Gasteiger partial charge in [-0.05, 0) is 37.5 Å². The first-order valence-corrected chi connectivity index (χ1v) is 5.91. The second-order valence-corrected chi connectivity index (χ2v) is 4.31. The molecule has 0 radical (unpaired) electrons. The number of amides is 1. The molecule has 1 aromatic carbocycles. The number of benzene rings is 1. The van der Waals surface area contributed by atoms with E-state index in [-0.39, 0.29) is 0 Å². The van der Waals surface area contributed by atoms with Crippen molar-refractivity contribution in [3.8, 4) is 0 Å². The van der Waals surface area contributed by atoms with Gasteiger partial charge >= 0.3 is 6.09 Å². The molecule has 1 amide bonds. The number of hydrogen-bond donors (Lipinski definition) is 1. The van der Waals surface area contributed by atoms with E-state index in [4.69, 9.17) is 0 Å². The van der Waals surface area contributed by atoms with Crippen molar-refractivity contribution in [3.63, 3.8) is 0 Å². The van der Waals surface area contributed by atoms with Crippen LogP contribution in [0.5, 0.6) is 0 Å². The Bertz CT molecular complexity index is 412. The highest BCUT2D eigenvalue weighted by molar-refractivity contribution is 5.86. The fourth-order valence-electron chi connectivity index (χ4n) is 2.08. The van der Waals surface area contributed by atoms with Gasteiger partial charge in [0.1, 0.15) is 0 Å². The molecule has 17 heavy (non-hydrogen) atoms. The van der Waals surface area contributed by atoms with Gasteiger partial charge in [0.15, 0.2) is 0 Å². The van der Waals surface area contributed by atoms with Crippen LogP contribution in [0.1, 0.15) is 18.4 Å². The number of anilines is 2. The molecule has 0 bridgehead atoms. The van der Waals surface area contributed by atoms with E-state index >= 15 is 0 Å². The van der Waals surface area contributed by atoms with Crippen molar-refractivity contribution in [2.75, 3.05) is 30.4 Å². The zero-order chi connectivity index (χ0) is 12.3. The van der Waals surface area contributed by atoms with Crippen LogP contribution in [0, 0.1) is 6.92 Å². The summed E-state index contributed by atoms with van der Waals surface area (Å²) in [5, 5.41) is 2.74. The van der Waals surface area contributed by atoms with E-state index < -0.39 is 6.09 Å². The minimum Gasteiger partial charge on any atom is -0.453 e. The fourth-order valence-corrected chi connectivity index (χ4v) is 2.08. The average Bonchev–Trinajstić information content (AvgIpc) is 2.85. The van der Waals surface area contributed by atoms with Crippen LogP contribution in [0.2, 0.25) is 0 Å². The van der Waals surface area contributed by atoms with Crippen LogP contribution >= 0.6 is 0 Å². The number of carbonyl (C=O) groups excluding carboxylic acids is 1. The predicted molar refractivity (Wildman–Crippen MR) is 68.7 cm³/mol. The summed E-state index contributed by atoms with van der Waals surface area (Å²) in [6.07, 6.45) is 2.06. The Balaban J connectivity index is 2.19. The molecular weight excluding hydrogens is 216 g/mol. The van der Waals surface area contributed by atoms with Crippen LogP contribution in [-0.4, -0.2) is 26.3 Å². The Labute approximate surface area is 102 Å². The normalized spacial score (nSPS) is 14.8. The number of ether oxygens (including phenoxy) is 1. The minimum absolute atomic E-state index is 0.424. The summed E-state index contributed by atoms with van der Waals surface area (Å²) in [6, 6.07) is 6.14. The van der Waals surface area contributed by atoms with E-state index in [0.29, 0.717) is 0 Å². The van der Waals surface area contributed by atoms with Crippen molar-refractivity contribution in [1.29, 1.82) is 0 Å². The largest absolute Gasteiger partial charge is 0.453 e. The second kappa shape index (κ2) is 5.08. The minimum atomic E-state index is -0.424. The van der Waals surface area contributed by atoms with Gasteiger partial charge in [-0.15, -0.1) is 0 Å². The lowest BCUT2D eigenvalue weighted by Gasteiger charge is -2.19. The van der Waals surface area contributed by atoms with E-state index in [1.807, 2.05) is 19.1 Å². The molecule has 1 aliphatic rings. The first kappa shape index (κ1) is 11.8. The standard InChI is InChI=1S/C13H18N2O2/c1-10-5-6-11(15-7-3-4-8-15)9-12(10)14-13(16)17-2/h5-6,9H,3-4,7-8H2,1-2H3,(H,14,16). The zero-order valence-corrected chi connectivity index (χ0v) is 10.3. The quantitative estimate of drug-likeness (QED) is 0.855. The van der Waals surface area contributed by atoms with Crippen LogP contribution in [0.25, 0.3) is 0 Å². The van der Waals surface area contributed by atoms with E-state index in [1.54, 1.807) is 0 Å². The lowest BCUT2D eigenvalue weighted by molar-refractivity contribution is 0.187. The summed E-state index contributed by atoms with van der Waals surface area (Å²) in [4.78, 5) is 13.6. The van der Waals surface area contributed by atoms with Gasteiger partial charge in [0.05, 0.1) is 7.11 Å². The maximum Gasteiger partial charge on any atom is 0.411 e. The lowest BCUT2D eigenvalue weighted by atomic mass is 10.1. The molecule has 0 atom stereocenters. The third-order valence-electron chi connectivity index (χ3n) is 3.11. The smallest absolute Gasteiger partial charge is 0.411 e. The average molecular weight is 234 g/mol. The van der Waals surface area contributed by atoms with Crippen LogP contribution in [0.4, 0.5) is 16.2 Å². The van der Waals surface area contributed by atoms with Gasteiger partial charge < -0.3 is 9.64 Å². The number of carbonyl (C=O) groups is 1. The molecule has 0 aromatic heterocycles. The third kappa shape index (κ3) is 2.70. The van der Waals surface area contributed by atoms with Crippen LogP contribution in [-0.2, 0) is 4.74 Å². The van der Waals surface area contributed by atoms with Gasteiger partial charge in [0.2, 0.25) is 0 Å². The van der Waals surface area contributed by atoms with Crippen LogP contribution < -0.4 is 10.2 Å². The number of rotatable bonds is 2. The lowest BCUT2D eigenvalue weighted by Crippen LogP contribution is -2.18. The Morgan fingerprint density at radius 3 is 2.71 bits per heavy atom. The number of aryl methyl sites for hydroxylation is 1. The monoisotopic (exact) mass is 234 g/mol. The predicted octanol–water partition coefficient (Wildman–Crippen LogP) is 2.77. The number of methoxy groups -OCH3 is 1. The molecule has 0 unspecified atom stereocenters. The topological polar surface area (TPSA) is 41.6 Å². The Kier molecular flexibility index (Phi) is 3.52. The van der Waals surface area contributed by atoms with E-state index in [0.717, 1.165) is 24.3 Å². The van der Waals surface area contributed by atoms with Gasteiger partial charge in [-0.2, -0.15) is 0 Å². The molecule has 2 rings (SSSR count). The Morgan fingerprint density at radius 1 is 1.35 bits per heavy atom. The van der Waals surface area contributed by atoms with Crippen molar-refractivity contribution in [3.05, 3.63) is 23.8 Å². The molecule has 1 aromatic rings. The highest BCUT2D eigenvalue weighted by Gasteiger charge is 2.13. The van der Waals surface area contributed by atoms with E-state index in [9.17, 15) is 4.79 Å². The molecule has 4 nitrogen and oxygen atoms in total. The molecule has 1 N–H and O–H groups in total. The molecule has 1 saturated heterocycles. The summed E-state index contributed by atoms with van der Waals surface area (Å²) in [7, 11) is 1.37. The van der Waals surface area contributed by atoms with Crippen molar-refractivity contribution in [2.24, 2.45) is 0 Å². The second-order valence-electron chi connectivity index (χ2n) is 4.31. The molecule has 0 aliphatic carbocycles. The van der Waals surface area contributed by atoms with Crippen molar-refractivity contribution >= 4 is 17.5 Å². The zero-order valence-electron chi connectivity index (χ0n) is 10.3. The van der Waals surface area contributed by atoms with Gasteiger partial charge in [-0.1, -0.05) is 6.07 Å².